The Kier molecular flexibility index (Phi) is 2.74. The van der Waals surface area contributed by atoms with Gasteiger partial charge in [0.05, 0.1) is 0 Å². The summed E-state index contributed by atoms with van der Waals surface area (Å²) < 4.78 is 0. The largest absolute Gasteiger partial charge is 0.339 e. The van der Waals surface area contributed by atoms with Crippen molar-refractivity contribution in [2.75, 3.05) is 18.0 Å². The Bertz CT molecular complexity index is 430. The van der Waals surface area contributed by atoms with Gasteiger partial charge in [0.2, 0.25) is 5.95 Å². The molecule has 1 aromatic heterocycles. The summed E-state index contributed by atoms with van der Waals surface area (Å²) in [7, 11) is 0. The summed E-state index contributed by atoms with van der Waals surface area (Å²) in [5.41, 5.74) is 9.78. The quantitative estimate of drug-likeness (QED) is 0.790. The van der Waals surface area contributed by atoms with Gasteiger partial charge in [-0.1, -0.05) is 0 Å². The van der Waals surface area contributed by atoms with Gasteiger partial charge in [-0.15, -0.1) is 0 Å². The summed E-state index contributed by atoms with van der Waals surface area (Å²) in [5, 5.41) is 0. The van der Waals surface area contributed by atoms with E-state index in [0.717, 1.165) is 38.3 Å². The van der Waals surface area contributed by atoms with Gasteiger partial charge in [-0.25, -0.2) is 9.97 Å². The number of rotatable bonds is 1. The van der Waals surface area contributed by atoms with Crippen LogP contribution in [-0.2, 0) is 12.8 Å². The van der Waals surface area contributed by atoms with Crippen molar-refractivity contribution in [1.29, 1.82) is 0 Å². The van der Waals surface area contributed by atoms with Gasteiger partial charge in [0.1, 0.15) is 0 Å². The fraction of sp³-hybridized carbons (Fsp3) is 0.692. The zero-order chi connectivity index (χ0) is 11.8. The predicted octanol–water partition coefficient (Wildman–Crippen LogP) is 1.20. The summed E-state index contributed by atoms with van der Waals surface area (Å²) in [6.45, 7) is 4.02. The fourth-order valence-electron chi connectivity index (χ4n) is 2.88. The van der Waals surface area contributed by atoms with E-state index in [1.54, 1.807) is 0 Å². The Morgan fingerprint density at radius 1 is 1.24 bits per heavy atom. The highest BCUT2D eigenvalue weighted by molar-refractivity contribution is 5.39. The van der Waals surface area contributed by atoms with Crippen molar-refractivity contribution in [2.24, 2.45) is 5.73 Å². The topological polar surface area (TPSA) is 55.0 Å². The summed E-state index contributed by atoms with van der Waals surface area (Å²) in [6.07, 6.45) is 5.87. The van der Waals surface area contributed by atoms with Gasteiger partial charge in [-0.3, -0.25) is 0 Å². The summed E-state index contributed by atoms with van der Waals surface area (Å²) >= 11 is 0. The van der Waals surface area contributed by atoms with Crippen LogP contribution in [-0.4, -0.2) is 29.1 Å². The molecular weight excluding hydrogens is 212 g/mol. The Balaban J connectivity index is 1.93. The van der Waals surface area contributed by atoms with E-state index in [0.29, 0.717) is 0 Å². The molecule has 2 N–H and O–H groups in total. The lowest BCUT2D eigenvalue weighted by molar-refractivity contribution is 0.653. The Labute approximate surface area is 102 Å². The molecule has 1 aliphatic heterocycles. The summed E-state index contributed by atoms with van der Waals surface area (Å²) in [5.74, 6) is 0.899. The molecule has 17 heavy (non-hydrogen) atoms. The third-order valence-corrected chi connectivity index (χ3v) is 3.89. The Morgan fingerprint density at radius 3 is 2.82 bits per heavy atom. The molecule has 1 fully saturated rings. The highest BCUT2D eigenvalue weighted by Crippen LogP contribution is 2.25. The first-order valence-corrected chi connectivity index (χ1v) is 6.61. The van der Waals surface area contributed by atoms with Gasteiger partial charge < -0.3 is 10.6 Å². The molecule has 1 aromatic rings. The van der Waals surface area contributed by atoms with Crippen molar-refractivity contribution < 1.29 is 0 Å². The van der Waals surface area contributed by atoms with Crippen molar-refractivity contribution in [1.82, 2.24) is 9.97 Å². The van der Waals surface area contributed by atoms with Crippen molar-refractivity contribution in [3.63, 3.8) is 0 Å². The van der Waals surface area contributed by atoms with Crippen molar-refractivity contribution in [2.45, 2.75) is 45.1 Å². The maximum Gasteiger partial charge on any atom is 0.225 e. The Hall–Kier alpha value is -1.16. The van der Waals surface area contributed by atoms with E-state index < -0.39 is 0 Å². The molecule has 1 unspecified atom stereocenters. The fourth-order valence-corrected chi connectivity index (χ4v) is 2.88. The van der Waals surface area contributed by atoms with E-state index in [-0.39, 0.29) is 6.04 Å². The molecule has 1 aliphatic carbocycles. The molecule has 0 saturated carbocycles. The molecule has 92 valence electrons. The second kappa shape index (κ2) is 4.26. The minimum absolute atomic E-state index is 0.287. The SMILES string of the molecule is Cc1nc(N2CCC(N)C2)nc2c1CCCC2. The molecule has 0 radical (unpaired) electrons. The number of aryl methyl sites for hydroxylation is 2. The van der Waals surface area contributed by atoms with Crippen LogP contribution in [0.1, 0.15) is 36.2 Å². The number of aromatic nitrogens is 2. The van der Waals surface area contributed by atoms with Gasteiger partial charge in [0.15, 0.2) is 0 Å². The lowest BCUT2D eigenvalue weighted by atomic mass is 9.95. The van der Waals surface area contributed by atoms with Crippen molar-refractivity contribution >= 4 is 5.95 Å². The van der Waals surface area contributed by atoms with Crippen LogP contribution in [0.5, 0.6) is 0 Å². The first kappa shape index (κ1) is 11.0. The number of anilines is 1. The van der Waals surface area contributed by atoms with E-state index in [9.17, 15) is 0 Å². The molecule has 2 aliphatic rings. The standard InChI is InChI=1S/C13H20N4/c1-9-11-4-2-3-5-12(11)16-13(15-9)17-7-6-10(14)8-17/h10H,2-8,14H2,1H3. The minimum atomic E-state index is 0.287. The van der Waals surface area contributed by atoms with Gasteiger partial charge in [-0.2, -0.15) is 0 Å². The maximum absolute atomic E-state index is 5.94. The molecule has 0 bridgehead atoms. The molecule has 1 atom stereocenters. The van der Waals surface area contributed by atoms with Gasteiger partial charge in [0, 0.05) is 30.5 Å². The second-order valence-corrected chi connectivity index (χ2v) is 5.24. The highest BCUT2D eigenvalue weighted by Gasteiger charge is 2.23. The smallest absolute Gasteiger partial charge is 0.225 e. The number of nitrogens with zero attached hydrogens (tertiary/aromatic N) is 3. The minimum Gasteiger partial charge on any atom is -0.339 e. The van der Waals surface area contributed by atoms with Crippen LogP contribution in [0.4, 0.5) is 5.95 Å². The van der Waals surface area contributed by atoms with Gasteiger partial charge in [0.25, 0.3) is 0 Å². The first-order chi connectivity index (χ1) is 8.24. The number of hydrogen-bond acceptors (Lipinski definition) is 4. The normalized spacial score (nSPS) is 23.9. The first-order valence-electron chi connectivity index (χ1n) is 6.61. The predicted molar refractivity (Wildman–Crippen MR) is 68.2 cm³/mol. The average Bonchev–Trinajstić information content (AvgIpc) is 2.76. The van der Waals surface area contributed by atoms with Crippen LogP contribution < -0.4 is 10.6 Å². The average molecular weight is 232 g/mol. The second-order valence-electron chi connectivity index (χ2n) is 5.24. The lowest BCUT2D eigenvalue weighted by Crippen LogP contribution is -2.28. The van der Waals surface area contributed by atoms with E-state index in [1.165, 1.54) is 29.8 Å². The summed E-state index contributed by atoms with van der Waals surface area (Å²) in [6, 6.07) is 0.287. The van der Waals surface area contributed by atoms with Crippen LogP contribution in [0.15, 0.2) is 0 Å². The monoisotopic (exact) mass is 232 g/mol. The maximum atomic E-state index is 5.94. The van der Waals surface area contributed by atoms with Gasteiger partial charge >= 0.3 is 0 Å². The molecule has 0 amide bonds. The molecule has 4 nitrogen and oxygen atoms in total. The third-order valence-electron chi connectivity index (χ3n) is 3.89. The van der Waals surface area contributed by atoms with Gasteiger partial charge in [-0.05, 0) is 44.6 Å². The van der Waals surface area contributed by atoms with Crippen LogP contribution in [0.2, 0.25) is 0 Å². The van der Waals surface area contributed by atoms with Crippen LogP contribution in [0.3, 0.4) is 0 Å². The van der Waals surface area contributed by atoms with Crippen LogP contribution >= 0.6 is 0 Å². The molecular formula is C13H20N4. The molecule has 1 saturated heterocycles. The number of fused-ring (bicyclic) bond motifs is 1. The molecule has 0 aromatic carbocycles. The zero-order valence-corrected chi connectivity index (χ0v) is 10.4. The molecule has 2 heterocycles. The van der Waals surface area contributed by atoms with Crippen molar-refractivity contribution in [3.05, 3.63) is 17.0 Å². The van der Waals surface area contributed by atoms with E-state index >= 15 is 0 Å². The number of nitrogens with two attached hydrogens (primary N) is 1. The third kappa shape index (κ3) is 2.02. The lowest BCUT2D eigenvalue weighted by Gasteiger charge is -2.21. The molecule has 3 rings (SSSR count). The van der Waals surface area contributed by atoms with E-state index in [1.807, 2.05) is 0 Å². The van der Waals surface area contributed by atoms with E-state index in [4.69, 9.17) is 10.7 Å². The summed E-state index contributed by atoms with van der Waals surface area (Å²) in [4.78, 5) is 11.6. The zero-order valence-electron chi connectivity index (χ0n) is 10.4. The van der Waals surface area contributed by atoms with Crippen molar-refractivity contribution in [3.8, 4) is 0 Å². The van der Waals surface area contributed by atoms with Crippen LogP contribution in [0.25, 0.3) is 0 Å². The highest BCUT2D eigenvalue weighted by atomic mass is 15.3. The number of hydrogen-bond donors (Lipinski definition) is 1. The molecule has 0 spiro atoms. The Morgan fingerprint density at radius 2 is 2.06 bits per heavy atom. The van der Waals surface area contributed by atoms with E-state index in [2.05, 4.69) is 16.8 Å². The molecule has 4 heteroatoms. The van der Waals surface area contributed by atoms with Crippen LogP contribution in [0, 0.1) is 6.92 Å².